The molecule has 1 aromatic heterocycles. The highest BCUT2D eigenvalue weighted by Gasteiger charge is 2.08. The standard InChI is InChI=1S/C13H13F2NOS/c14-11-4-1-5-12(15)13(11)17-7-6-16-9-10-3-2-8-18-10/h1-5,8,16H,6-7,9H2. The second kappa shape index (κ2) is 6.47. The van der Waals surface area contributed by atoms with E-state index in [1.54, 1.807) is 11.3 Å². The van der Waals surface area contributed by atoms with E-state index in [2.05, 4.69) is 5.32 Å². The zero-order valence-corrected chi connectivity index (χ0v) is 10.5. The van der Waals surface area contributed by atoms with Gasteiger partial charge in [-0.05, 0) is 23.6 Å². The van der Waals surface area contributed by atoms with Crippen molar-refractivity contribution in [1.82, 2.24) is 5.32 Å². The molecule has 0 aliphatic heterocycles. The monoisotopic (exact) mass is 269 g/mol. The highest BCUT2D eigenvalue weighted by molar-refractivity contribution is 7.09. The highest BCUT2D eigenvalue weighted by Crippen LogP contribution is 2.20. The van der Waals surface area contributed by atoms with Crippen LogP contribution in [-0.2, 0) is 6.54 Å². The first-order valence-corrected chi connectivity index (χ1v) is 6.45. The van der Waals surface area contributed by atoms with Crippen molar-refractivity contribution in [1.29, 1.82) is 0 Å². The smallest absolute Gasteiger partial charge is 0.190 e. The molecule has 0 spiro atoms. The molecular formula is C13H13F2NOS. The number of hydrogen-bond acceptors (Lipinski definition) is 3. The van der Waals surface area contributed by atoms with Crippen molar-refractivity contribution in [3.05, 3.63) is 52.2 Å². The maximum atomic E-state index is 13.2. The molecule has 0 aliphatic carbocycles. The lowest BCUT2D eigenvalue weighted by molar-refractivity contribution is 0.283. The molecule has 0 saturated carbocycles. The Balaban J connectivity index is 1.72. The summed E-state index contributed by atoms with van der Waals surface area (Å²) >= 11 is 1.66. The van der Waals surface area contributed by atoms with Crippen LogP contribution in [0.2, 0.25) is 0 Å². The number of rotatable bonds is 6. The van der Waals surface area contributed by atoms with Crippen molar-refractivity contribution in [3.63, 3.8) is 0 Å². The van der Waals surface area contributed by atoms with Crippen molar-refractivity contribution >= 4 is 11.3 Å². The summed E-state index contributed by atoms with van der Waals surface area (Å²) in [6.07, 6.45) is 0. The van der Waals surface area contributed by atoms with Gasteiger partial charge in [0.1, 0.15) is 6.61 Å². The largest absolute Gasteiger partial charge is 0.486 e. The lowest BCUT2D eigenvalue weighted by Gasteiger charge is -2.08. The molecule has 0 unspecified atom stereocenters. The van der Waals surface area contributed by atoms with Crippen LogP contribution in [0.15, 0.2) is 35.7 Å². The Labute approximate surface area is 108 Å². The third-order valence-electron chi connectivity index (χ3n) is 2.32. The maximum Gasteiger partial charge on any atom is 0.190 e. The maximum absolute atomic E-state index is 13.2. The van der Waals surface area contributed by atoms with E-state index in [0.717, 1.165) is 6.54 Å². The molecule has 0 bridgehead atoms. The van der Waals surface area contributed by atoms with Crippen LogP contribution in [0.1, 0.15) is 4.88 Å². The number of ether oxygens (including phenoxy) is 1. The van der Waals surface area contributed by atoms with E-state index in [9.17, 15) is 8.78 Å². The van der Waals surface area contributed by atoms with E-state index in [0.29, 0.717) is 6.54 Å². The molecule has 18 heavy (non-hydrogen) atoms. The fourth-order valence-electron chi connectivity index (χ4n) is 1.47. The third-order valence-corrected chi connectivity index (χ3v) is 3.20. The molecule has 96 valence electrons. The molecular weight excluding hydrogens is 256 g/mol. The van der Waals surface area contributed by atoms with Gasteiger partial charge in [-0.15, -0.1) is 11.3 Å². The van der Waals surface area contributed by atoms with E-state index in [4.69, 9.17) is 4.74 Å². The van der Waals surface area contributed by atoms with Crippen LogP contribution < -0.4 is 10.1 Å². The lowest BCUT2D eigenvalue weighted by atomic mass is 10.3. The predicted octanol–water partition coefficient (Wildman–Crippen LogP) is 3.19. The van der Waals surface area contributed by atoms with Gasteiger partial charge in [0.05, 0.1) is 0 Å². The second-order valence-corrected chi connectivity index (χ2v) is 4.69. The Morgan fingerprint density at radius 2 is 1.89 bits per heavy atom. The summed E-state index contributed by atoms with van der Waals surface area (Å²) in [5, 5.41) is 5.14. The Morgan fingerprint density at radius 3 is 2.56 bits per heavy atom. The summed E-state index contributed by atoms with van der Waals surface area (Å²) in [5.74, 6) is -1.66. The van der Waals surface area contributed by atoms with Gasteiger partial charge in [0.2, 0.25) is 0 Å². The second-order valence-electron chi connectivity index (χ2n) is 3.66. The minimum absolute atomic E-state index is 0.225. The van der Waals surface area contributed by atoms with Crippen LogP contribution in [0.5, 0.6) is 5.75 Å². The van der Waals surface area contributed by atoms with Gasteiger partial charge >= 0.3 is 0 Å². The Morgan fingerprint density at radius 1 is 1.11 bits per heavy atom. The van der Waals surface area contributed by atoms with Gasteiger partial charge in [-0.25, -0.2) is 8.78 Å². The van der Waals surface area contributed by atoms with E-state index in [1.807, 2.05) is 17.5 Å². The lowest BCUT2D eigenvalue weighted by Crippen LogP contribution is -2.20. The topological polar surface area (TPSA) is 21.3 Å². The van der Waals surface area contributed by atoms with E-state index in [-0.39, 0.29) is 12.4 Å². The number of nitrogens with one attached hydrogen (secondary N) is 1. The van der Waals surface area contributed by atoms with E-state index < -0.39 is 11.6 Å². The van der Waals surface area contributed by atoms with Gasteiger partial charge in [0.15, 0.2) is 17.4 Å². The first-order chi connectivity index (χ1) is 8.77. The summed E-state index contributed by atoms with van der Waals surface area (Å²) in [6, 6.07) is 7.67. The highest BCUT2D eigenvalue weighted by atomic mass is 32.1. The minimum atomic E-state index is -0.673. The molecule has 5 heteroatoms. The molecule has 2 nitrogen and oxygen atoms in total. The van der Waals surface area contributed by atoms with Crippen molar-refractivity contribution < 1.29 is 13.5 Å². The van der Waals surface area contributed by atoms with Crippen LogP contribution >= 0.6 is 11.3 Å². The van der Waals surface area contributed by atoms with Crippen molar-refractivity contribution in [3.8, 4) is 5.75 Å². The molecule has 0 atom stereocenters. The Kier molecular flexibility index (Phi) is 4.66. The Hall–Kier alpha value is -1.46. The van der Waals surface area contributed by atoms with Gasteiger partial charge in [-0.1, -0.05) is 12.1 Å². The van der Waals surface area contributed by atoms with Crippen LogP contribution in [0.4, 0.5) is 8.78 Å². The number of para-hydroxylation sites is 1. The summed E-state index contributed by atoms with van der Waals surface area (Å²) in [7, 11) is 0. The normalized spacial score (nSPS) is 10.6. The molecule has 1 heterocycles. The quantitative estimate of drug-likeness (QED) is 0.813. The predicted molar refractivity (Wildman–Crippen MR) is 67.9 cm³/mol. The molecule has 2 rings (SSSR count). The minimum Gasteiger partial charge on any atom is -0.486 e. The molecule has 1 aromatic carbocycles. The van der Waals surface area contributed by atoms with Gasteiger partial charge in [0.25, 0.3) is 0 Å². The molecule has 0 saturated heterocycles. The number of thiophene rings is 1. The van der Waals surface area contributed by atoms with Crippen molar-refractivity contribution in [2.45, 2.75) is 6.54 Å². The summed E-state index contributed by atoms with van der Waals surface area (Å²) in [4.78, 5) is 1.21. The van der Waals surface area contributed by atoms with Crippen LogP contribution in [-0.4, -0.2) is 13.2 Å². The first kappa shape index (κ1) is 13.0. The number of benzene rings is 1. The van der Waals surface area contributed by atoms with Gasteiger partial charge in [-0.3, -0.25) is 0 Å². The zero-order valence-electron chi connectivity index (χ0n) is 9.66. The fraction of sp³-hybridized carbons (Fsp3) is 0.231. The summed E-state index contributed by atoms with van der Waals surface area (Å²) in [6.45, 7) is 1.50. The van der Waals surface area contributed by atoms with Gasteiger partial charge in [0, 0.05) is 18.0 Å². The molecule has 0 amide bonds. The molecule has 0 fully saturated rings. The van der Waals surface area contributed by atoms with Crippen LogP contribution in [0, 0.1) is 11.6 Å². The third kappa shape index (κ3) is 3.51. The summed E-state index contributed by atoms with van der Waals surface area (Å²) < 4.78 is 31.5. The number of hydrogen-bond donors (Lipinski definition) is 1. The van der Waals surface area contributed by atoms with E-state index in [1.165, 1.54) is 23.1 Å². The average molecular weight is 269 g/mol. The van der Waals surface area contributed by atoms with Gasteiger partial charge in [-0.2, -0.15) is 0 Å². The molecule has 1 N–H and O–H groups in total. The molecule has 0 aliphatic rings. The first-order valence-electron chi connectivity index (χ1n) is 5.57. The number of halogens is 2. The van der Waals surface area contributed by atoms with E-state index >= 15 is 0 Å². The average Bonchev–Trinajstić information content (AvgIpc) is 2.85. The van der Waals surface area contributed by atoms with Crippen LogP contribution in [0.3, 0.4) is 0 Å². The Bertz CT molecular complexity index is 467. The zero-order chi connectivity index (χ0) is 12.8. The van der Waals surface area contributed by atoms with Crippen molar-refractivity contribution in [2.75, 3.05) is 13.2 Å². The SMILES string of the molecule is Fc1cccc(F)c1OCCNCc1cccs1. The molecule has 2 aromatic rings. The molecule has 0 radical (unpaired) electrons. The summed E-state index contributed by atoms with van der Waals surface area (Å²) in [5.41, 5.74) is 0. The fourth-order valence-corrected chi connectivity index (χ4v) is 2.14. The van der Waals surface area contributed by atoms with Gasteiger partial charge < -0.3 is 10.1 Å². The van der Waals surface area contributed by atoms with Crippen molar-refractivity contribution in [2.24, 2.45) is 0 Å². The van der Waals surface area contributed by atoms with Crippen LogP contribution in [0.25, 0.3) is 0 Å².